The summed E-state index contributed by atoms with van der Waals surface area (Å²) in [5.41, 5.74) is 6.42. The fourth-order valence-corrected chi connectivity index (χ4v) is 1.71. The van der Waals surface area contributed by atoms with Gasteiger partial charge >= 0.3 is 0 Å². The van der Waals surface area contributed by atoms with Gasteiger partial charge in [0.2, 0.25) is 0 Å². The van der Waals surface area contributed by atoms with Crippen LogP contribution < -0.4 is 5.73 Å². The smallest absolute Gasteiger partial charge is 0.107 e. The Hall–Kier alpha value is -0.450. The van der Waals surface area contributed by atoms with E-state index in [1.165, 1.54) is 0 Å². The van der Waals surface area contributed by atoms with Gasteiger partial charge in [-0.05, 0) is 14.1 Å². The lowest BCUT2D eigenvalue weighted by Crippen LogP contribution is -2.10. The van der Waals surface area contributed by atoms with Crippen LogP contribution in [0.3, 0.4) is 0 Å². The molecule has 1 heterocycles. The van der Waals surface area contributed by atoms with Crippen molar-refractivity contribution in [3.8, 4) is 0 Å². The average Bonchev–Trinajstić information content (AvgIpc) is 2.34. The van der Waals surface area contributed by atoms with Crippen molar-refractivity contribution in [2.75, 3.05) is 14.1 Å². The SMILES string of the molecule is CN(C)Cc1nc(CN)cs1. The summed E-state index contributed by atoms with van der Waals surface area (Å²) in [6, 6.07) is 0. The average molecular weight is 171 g/mol. The quantitative estimate of drug-likeness (QED) is 0.726. The van der Waals surface area contributed by atoms with Gasteiger partial charge in [-0.1, -0.05) is 0 Å². The van der Waals surface area contributed by atoms with Crippen LogP contribution in [-0.2, 0) is 13.1 Å². The van der Waals surface area contributed by atoms with Gasteiger partial charge in [0.1, 0.15) is 5.01 Å². The fourth-order valence-electron chi connectivity index (χ4n) is 0.786. The van der Waals surface area contributed by atoms with E-state index in [-0.39, 0.29) is 0 Å². The van der Waals surface area contributed by atoms with Gasteiger partial charge < -0.3 is 10.6 Å². The lowest BCUT2D eigenvalue weighted by Gasteiger charge is -2.04. The van der Waals surface area contributed by atoms with Crippen molar-refractivity contribution in [1.82, 2.24) is 9.88 Å². The van der Waals surface area contributed by atoms with Crippen LogP contribution in [0.25, 0.3) is 0 Å². The molecule has 2 N–H and O–H groups in total. The minimum Gasteiger partial charge on any atom is -0.325 e. The molecule has 1 aromatic heterocycles. The molecule has 3 nitrogen and oxygen atoms in total. The molecule has 1 rings (SSSR count). The molecule has 4 heteroatoms. The van der Waals surface area contributed by atoms with Gasteiger partial charge in [0.05, 0.1) is 5.69 Å². The molecule has 0 bridgehead atoms. The van der Waals surface area contributed by atoms with E-state index in [1.54, 1.807) is 11.3 Å². The van der Waals surface area contributed by atoms with Crippen molar-refractivity contribution >= 4 is 11.3 Å². The molecule has 0 amide bonds. The Morgan fingerprint density at radius 2 is 2.36 bits per heavy atom. The van der Waals surface area contributed by atoms with Gasteiger partial charge in [-0.15, -0.1) is 11.3 Å². The zero-order chi connectivity index (χ0) is 8.27. The number of nitrogens with zero attached hydrogens (tertiary/aromatic N) is 2. The number of aromatic nitrogens is 1. The second-order valence-corrected chi connectivity index (χ2v) is 3.62. The molecule has 0 saturated heterocycles. The number of rotatable bonds is 3. The fraction of sp³-hybridized carbons (Fsp3) is 0.571. The van der Waals surface area contributed by atoms with Gasteiger partial charge in [-0.25, -0.2) is 4.98 Å². The van der Waals surface area contributed by atoms with Gasteiger partial charge in [0.15, 0.2) is 0 Å². The van der Waals surface area contributed by atoms with E-state index in [4.69, 9.17) is 5.73 Å². The van der Waals surface area contributed by atoms with Gasteiger partial charge in [-0.2, -0.15) is 0 Å². The van der Waals surface area contributed by atoms with Crippen molar-refractivity contribution in [3.05, 3.63) is 16.1 Å². The number of nitrogens with two attached hydrogens (primary N) is 1. The van der Waals surface area contributed by atoms with E-state index in [0.717, 1.165) is 17.2 Å². The molecule has 0 aliphatic heterocycles. The van der Waals surface area contributed by atoms with Crippen LogP contribution in [0, 0.1) is 0 Å². The summed E-state index contributed by atoms with van der Waals surface area (Å²) < 4.78 is 0. The largest absolute Gasteiger partial charge is 0.325 e. The first-order valence-electron chi connectivity index (χ1n) is 3.50. The van der Waals surface area contributed by atoms with Gasteiger partial charge in [0, 0.05) is 18.5 Å². The third-order valence-corrected chi connectivity index (χ3v) is 2.14. The summed E-state index contributed by atoms with van der Waals surface area (Å²) in [5.74, 6) is 0. The summed E-state index contributed by atoms with van der Waals surface area (Å²) >= 11 is 1.67. The molecular weight excluding hydrogens is 158 g/mol. The Labute approximate surface area is 70.9 Å². The number of thiazole rings is 1. The van der Waals surface area contributed by atoms with Crippen LogP contribution in [0.4, 0.5) is 0 Å². The molecule has 11 heavy (non-hydrogen) atoms. The number of hydrogen-bond acceptors (Lipinski definition) is 4. The Balaban J connectivity index is 2.58. The van der Waals surface area contributed by atoms with Crippen molar-refractivity contribution in [1.29, 1.82) is 0 Å². The van der Waals surface area contributed by atoms with Crippen molar-refractivity contribution in [3.63, 3.8) is 0 Å². The van der Waals surface area contributed by atoms with E-state index >= 15 is 0 Å². The first-order chi connectivity index (χ1) is 5.22. The first-order valence-corrected chi connectivity index (χ1v) is 4.38. The second kappa shape index (κ2) is 3.80. The maximum absolute atomic E-state index is 5.42. The first kappa shape index (κ1) is 8.64. The summed E-state index contributed by atoms with van der Waals surface area (Å²) in [4.78, 5) is 6.42. The molecule has 0 aliphatic carbocycles. The second-order valence-electron chi connectivity index (χ2n) is 2.67. The van der Waals surface area contributed by atoms with Crippen LogP contribution in [0.2, 0.25) is 0 Å². The summed E-state index contributed by atoms with van der Waals surface area (Å²) in [5, 5.41) is 3.15. The molecule has 62 valence electrons. The summed E-state index contributed by atoms with van der Waals surface area (Å²) in [6.45, 7) is 1.45. The third kappa shape index (κ3) is 2.57. The molecule has 0 saturated carbocycles. The van der Waals surface area contributed by atoms with Crippen LogP contribution in [0.5, 0.6) is 0 Å². The molecule has 0 radical (unpaired) electrons. The Bertz CT molecular complexity index is 219. The Kier molecular flexibility index (Phi) is 2.99. The topological polar surface area (TPSA) is 42.2 Å². The van der Waals surface area contributed by atoms with Crippen molar-refractivity contribution in [2.24, 2.45) is 5.73 Å². The molecule has 0 aromatic carbocycles. The zero-order valence-electron chi connectivity index (χ0n) is 6.87. The normalized spacial score (nSPS) is 10.9. The molecule has 0 unspecified atom stereocenters. The zero-order valence-corrected chi connectivity index (χ0v) is 7.69. The molecule has 1 aromatic rings. The van der Waals surface area contributed by atoms with Crippen LogP contribution in [0.1, 0.15) is 10.7 Å². The summed E-state index contributed by atoms with van der Waals surface area (Å²) in [7, 11) is 4.06. The molecule has 0 atom stereocenters. The van der Waals surface area contributed by atoms with Gasteiger partial charge in [-0.3, -0.25) is 0 Å². The molecule has 0 spiro atoms. The highest BCUT2D eigenvalue weighted by Gasteiger charge is 2.00. The van der Waals surface area contributed by atoms with Gasteiger partial charge in [0.25, 0.3) is 0 Å². The predicted molar refractivity (Wildman–Crippen MR) is 47.4 cm³/mol. The summed E-state index contributed by atoms with van der Waals surface area (Å²) in [6.07, 6.45) is 0. The highest BCUT2D eigenvalue weighted by Crippen LogP contribution is 2.10. The maximum Gasteiger partial charge on any atom is 0.107 e. The van der Waals surface area contributed by atoms with Crippen molar-refractivity contribution < 1.29 is 0 Å². The van der Waals surface area contributed by atoms with Crippen molar-refractivity contribution in [2.45, 2.75) is 13.1 Å². The van der Waals surface area contributed by atoms with Crippen LogP contribution >= 0.6 is 11.3 Å². The van der Waals surface area contributed by atoms with E-state index in [9.17, 15) is 0 Å². The highest BCUT2D eigenvalue weighted by atomic mass is 32.1. The number of hydrogen-bond donors (Lipinski definition) is 1. The monoisotopic (exact) mass is 171 g/mol. The van der Waals surface area contributed by atoms with E-state index in [1.807, 2.05) is 19.5 Å². The van der Waals surface area contributed by atoms with Crippen LogP contribution in [-0.4, -0.2) is 24.0 Å². The molecule has 0 fully saturated rings. The molecular formula is C7H13N3S. The van der Waals surface area contributed by atoms with E-state index in [2.05, 4.69) is 9.88 Å². The third-order valence-electron chi connectivity index (χ3n) is 1.26. The molecule has 0 aliphatic rings. The minimum absolute atomic E-state index is 0.546. The van der Waals surface area contributed by atoms with E-state index in [0.29, 0.717) is 6.54 Å². The Morgan fingerprint density at radius 3 is 2.82 bits per heavy atom. The lowest BCUT2D eigenvalue weighted by molar-refractivity contribution is 0.401. The standard InChI is InChI=1S/C7H13N3S/c1-10(2)4-7-9-6(3-8)5-11-7/h5H,3-4,8H2,1-2H3. The maximum atomic E-state index is 5.42. The highest BCUT2D eigenvalue weighted by molar-refractivity contribution is 7.09. The van der Waals surface area contributed by atoms with Crippen LogP contribution in [0.15, 0.2) is 5.38 Å². The van der Waals surface area contributed by atoms with E-state index < -0.39 is 0 Å². The predicted octanol–water partition coefficient (Wildman–Crippen LogP) is 0.663. The minimum atomic E-state index is 0.546. The lowest BCUT2D eigenvalue weighted by atomic mass is 10.5. The Morgan fingerprint density at radius 1 is 1.64 bits per heavy atom.